The monoisotopic (exact) mass is 247 g/mol. The van der Waals surface area contributed by atoms with E-state index < -0.39 is 0 Å². The van der Waals surface area contributed by atoms with Gasteiger partial charge in [0, 0.05) is 10.5 Å². The van der Waals surface area contributed by atoms with Crippen LogP contribution >= 0.6 is 28.3 Å². The van der Waals surface area contributed by atoms with Crippen molar-refractivity contribution < 1.29 is 0 Å². The molecule has 1 aliphatic carbocycles. The van der Waals surface area contributed by atoms with Gasteiger partial charge in [-0.3, -0.25) is 0 Å². The lowest BCUT2D eigenvalue weighted by Crippen LogP contribution is -2.04. The highest BCUT2D eigenvalue weighted by atomic mass is 79.9. The molecule has 0 amide bonds. The molecule has 0 saturated carbocycles. The van der Waals surface area contributed by atoms with Crippen molar-refractivity contribution in [2.45, 2.75) is 18.9 Å². The fraction of sp³-hybridized carbons (Fsp3) is 0.333. The Bertz CT molecular complexity index is 288. The lowest BCUT2D eigenvalue weighted by molar-refractivity contribution is 0.713. The van der Waals surface area contributed by atoms with Crippen LogP contribution in [0.5, 0.6) is 0 Å². The summed E-state index contributed by atoms with van der Waals surface area (Å²) in [5.74, 6) is 0. The van der Waals surface area contributed by atoms with Crippen LogP contribution in [0, 0.1) is 0 Å². The SMILES string of the molecule is Cl.NC1CCc2cc(Br)ccc21. The molecule has 1 aromatic carbocycles. The van der Waals surface area contributed by atoms with Gasteiger partial charge in [0.2, 0.25) is 0 Å². The molecule has 1 aliphatic rings. The minimum atomic E-state index is 0. The van der Waals surface area contributed by atoms with Gasteiger partial charge in [-0.05, 0) is 36.1 Å². The van der Waals surface area contributed by atoms with Gasteiger partial charge in [0.05, 0.1) is 0 Å². The Morgan fingerprint density at radius 3 is 2.92 bits per heavy atom. The van der Waals surface area contributed by atoms with Crippen molar-refractivity contribution in [3.8, 4) is 0 Å². The molecule has 0 heterocycles. The average Bonchev–Trinajstić information content (AvgIpc) is 2.32. The first kappa shape index (κ1) is 10.0. The average molecular weight is 249 g/mol. The molecule has 1 nitrogen and oxygen atoms in total. The van der Waals surface area contributed by atoms with Gasteiger partial charge in [0.15, 0.2) is 0 Å². The van der Waals surface area contributed by atoms with Gasteiger partial charge in [-0.2, -0.15) is 0 Å². The number of hydrogen-bond donors (Lipinski definition) is 1. The third kappa shape index (κ3) is 1.65. The van der Waals surface area contributed by atoms with Crippen LogP contribution in [0.25, 0.3) is 0 Å². The van der Waals surface area contributed by atoms with Crippen LogP contribution in [0.1, 0.15) is 23.6 Å². The van der Waals surface area contributed by atoms with Gasteiger partial charge < -0.3 is 5.73 Å². The molecular weight excluding hydrogens is 237 g/mol. The van der Waals surface area contributed by atoms with Crippen LogP contribution < -0.4 is 5.73 Å². The molecule has 2 N–H and O–H groups in total. The van der Waals surface area contributed by atoms with E-state index in [1.165, 1.54) is 11.1 Å². The molecule has 0 spiro atoms. The number of hydrogen-bond acceptors (Lipinski definition) is 1. The Labute approximate surface area is 86.9 Å². The van der Waals surface area contributed by atoms with E-state index in [2.05, 4.69) is 34.1 Å². The van der Waals surface area contributed by atoms with Crippen molar-refractivity contribution in [3.05, 3.63) is 33.8 Å². The maximum Gasteiger partial charge on any atom is 0.0300 e. The van der Waals surface area contributed by atoms with E-state index >= 15 is 0 Å². The summed E-state index contributed by atoms with van der Waals surface area (Å²) >= 11 is 3.44. The minimum Gasteiger partial charge on any atom is -0.324 e. The lowest BCUT2D eigenvalue weighted by atomic mass is 10.1. The van der Waals surface area contributed by atoms with Crippen LogP contribution in [-0.4, -0.2) is 0 Å². The second-order valence-corrected chi connectivity index (χ2v) is 3.90. The normalized spacial score (nSPS) is 20.0. The molecule has 66 valence electrons. The van der Waals surface area contributed by atoms with Crippen molar-refractivity contribution in [1.82, 2.24) is 0 Å². The zero-order chi connectivity index (χ0) is 7.84. The summed E-state index contributed by atoms with van der Waals surface area (Å²) in [4.78, 5) is 0. The van der Waals surface area contributed by atoms with Crippen molar-refractivity contribution in [2.75, 3.05) is 0 Å². The molecule has 0 aromatic heterocycles. The van der Waals surface area contributed by atoms with E-state index in [0.29, 0.717) is 0 Å². The predicted molar refractivity (Wildman–Crippen MR) is 56.6 cm³/mol. The van der Waals surface area contributed by atoms with Gasteiger partial charge in [-0.15, -0.1) is 12.4 Å². The Balaban J connectivity index is 0.000000720. The van der Waals surface area contributed by atoms with E-state index in [0.717, 1.165) is 17.3 Å². The molecule has 1 aromatic rings. The third-order valence-electron chi connectivity index (χ3n) is 2.23. The van der Waals surface area contributed by atoms with Crippen molar-refractivity contribution >= 4 is 28.3 Å². The van der Waals surface area contributed by atoms with Gasteiger partial charge in [0.1, 0.15) is 0 Å². The van der Waals surface area contributed by atoms with Crippen molar-refractivity contribution in [1.29, 1.82) is 0 Å². The summed E-state index contributed by atoms with van der Waals surface area (Å²) in [6.45, 7) is 0. The van der Waals surface area contributed by atoms with Gasteiger partial charge in [-0.1, -0.05) is 22.0 Å². The maximum absolute atomic E-state index is 5.88. The summed E-state index contributed by atoms with van der Waals surface area (Å²) < 4.78 is 1.16. The number of benzene rings is 1. The number of rotatable bonds is 0. The zero-order valence-corrected chi connectivity index (χ0v) is 8.99. The van der Waals surface area contributed by atoms with Crippen LogP contribution in [-0.2, 0) is 6.42 Å². The minimum absolute atomic E-state index is 0. The summed E-state index contributed by atoms with van der Waals surface area (Å²) in [7, 11) is 0. The molecule has 3 heteroatoms. The van der Waals surface area contributed by atoms with Crippen LogP contribution in [0.3, 0.4) is 0 Å². The molecule has 1 unspecified atom stereocenters. The van der Waals surface area contributed by atoms with E-state index in [4.69, 9.17) is 5.73 Å². The topological polar surface area (TPSA) is 26.0 Å². The van der Waals surface area contributed by atoms with Gasteiger partial charge >= 0.3 is 0 Å². The van der Waals surface area contributed by atoms with E-state index in [9.17, 15) is 0 Å². The number of aryl methyl sites for hydroxylation is 1. The molecule has 0 radical (unpaired) electrons. The van der Waals surface area contributed by atoms with E-state index in [1.807, 2.05) is 0 Å². The molecule has 2 rings (SSSR count). The van der Waals surface area contributed by atoms with Gasteiger partial charge in [0.25, 0.3) is 0 Å². The Hall–Kier alpha value is -0.0500. The first-order valence-electron chi connectivity index (χ1n) is 3.81. The van der Waals surface area contributed by atoms with E-state index in [1.54, 1.807) is 0 Å². The number of nitrogens with two attached hydrogens (primary N) is 1. The molecule has 0 saturated heterocycles. The third-order valence-corrected chi connectivity index (χ3v) is 2.72. The summed E-state index contributed by atoms with van der Waals surface area (Å²) in [5, 5.41) is 0. The standard InChI is InChI=1S/C9H10BrN.ClH/c10-7-2-3-8-6(5-7)1-4-9(8)11;/h2-3,5,9H,1,4,11H2;1H. The fourth-order valence-corrected chi connectivity index (χ4v) is 2.03. The first-order valence-corrected chi connectivity index (χ1v) is 4.60. The molecule has 0 bridgehead atoms. The Kier molecular flexibility index (Phi) is 3.16. The largest absolute Gasteiger partial charge is 0.324 e. The lowest BCUT2D eigenvalue weighted by Gasteiger charge is -2.03. The molecule has 12 heavy (non-hydrogen) atoms. The zero-order valence-electron chi connectivity index (χ0n) is 6.59. The second kappa shape index (κ2) is 3.77. The fourth-order valence-electron chi connectivity index (χ4n) is 1.62. The van der Waals surface area contributed by atoms with Crippen LogP contribution in [0.2, 0.25) is 0 Å². The predicted octanol–water partition coefficient (Wildman–Crippen LogP) is 2.82. The highest BCUT2D eigenvalue weighted by Crippen LogP contribution is 2.30. The van der Waals surface area contributed by atoms with Crippen molar-refractivity contribution in [3.63, 3.8) is 0 Å². The van der Waals surface area contributed by atoms with E-state index in [-0.39, 0.29) is 18.4 Å². The molecular formula is C9H11BrClN. The summed E-state index contributed by atoms with van der Waals surface area (Å²) in [5.41, 5.74) is 8.62. The van der Waals surface area contributed by atoms with Crippen LogP contribution in [0.4, 0.5) is 0 Å². The highest BCUT2D eigenvalue weighted by molar-refractivity contribution is 9.10. The van der Waals surface area contributed by atoms with Gasteiger partial charge in [-0.25, -0.2) is 0 Å². The second-order valence-electron chi connectivity index (χ2n) is 2.99. The highest BCUT2D eigenvalue weighted by Gasteiger charge is 2.17. The number of fused-ring (bicyclic) bond motifs is 1. The molecule has 0 fully saturated rings. The number of halogens is 2. The quantitative estimate of drug-likeness (QED) is 0.751. The Morgan fingerprint density at radius 2 is 2.17 bits per heavy atom. The smallest absolute Gasteiger partial charge is 0.0300 e. The maximum atomic E-state index is 5.88. The molecule has 0 aliphatic heterocycles. The van der Waals surface area contributed by atoms with Crippen LogP contribution in [0.15, 0.2) is 22.7 Å². The molecule has 1 atom stereocenters. The summed E-state index contributed by atoms with van der Waals surface area (Å²) in [6, 6.07) is 6.63. The van der Waals surface area contributed by atoms with Crippen molar-refractivity contribution in [2.24, 2.45) is 5.73 Å². The Morgan fingerprint density at radius 1 is 1.42 bits per heavy atom. The summed E-state index contributed by atoms with van der Waals surface area (Å²) in [6.07, 6.45) is 2.24. The first-order chi connectivity index (χ1) is 5.27.